The summed E-state index contributed by atoms with van der Waals surface area (Å²) in [6, 6.07) is 34.4. The second kappa shape index (κ2) is 14.8. The average Bonchev–Trinajstić information content (AvgIpc) is 3.44. The lowest BCUT2D eigenvalue weighted by atomic mass is 9.93. The van der Waals surface area contributed by atoms with Crippen molar-refractivity contribution in [3.63, 3.8) is 0 Å². The van der Waals surface area contributed by atoms with Gasteiger partial charge in [0.25, 0.3) is 5.56 Å². The van der Waals surface area contributed by atoms with E-state index < -0.39 is 12.0 Å². The molecule has 0 saturated heterocycles. The molecule has 0 saturated carbocycles. The first kappa shape index (κ1) is 34.0. The summed E-state index contributed by atoms with van der Waals surface area (Å²) in [4.78, 5) is 33.8. The Morgan fingerprint density at radius 2 is 1.72 bits per heavy atom. The third-order valence-corrected chi connectivity index (χ3v) is 10.6. The molecule has 0 amide bonds. The largest absolute Gasteiger partial charge is 0.497 e. The number of thiazole rings is 1. The molecule has 2 heterocycles. The number of aromatic nitrogens is 1. The van der Waals surface area contributed by atoms with E-state index in [4.69, 9.17) is 19.2 Å². The van der Waals surface area contributed by atoms with E-state index in [0.717, 1.165) is 41.1 Å². The lowest BCUT2D eigenvalue weighted by molar-refractivity contribution is -0.138. The number of benzene rings is 5. The molecule has 50 heavy (non-hydrogen) atoms. The molecule has 7 rings (SSSR count). The zero-order valence-electron chi connectivity index (χ0n) is 27.1. The number of hydrogen-bond acceptors (Lipinski definition) is 7. The molecule has 7 nitrogen and oxygen atoms in total. The molecule has 10 heteroatoms. The Bertz CT molecular complexity index is 2450. The number of hydrogen-bond donors (Lipinski definition) is 0. The number of fused-ring (bicyclic) bond motifs is 2. The van der Waals surface area contributed by atoms with Crippen LogP contribution in [-0.4, -0.2) is 24.3 Å². The van der Waals surface area contributed by atoms with Gasteiger partial charge in [0.2, 0.25) is 0 Å². The van der Waals surface area contributed by atoms with E-state index in [-0.39, 0.29) is 12.2 Å². The number of ether oxygens (including phenoxy) is 3. The lowest BCUT2D eigenvalue weighted by Gasteiger charge is -2.26. The van der Waals surface area contributed by atoms with Crippen LogP contribution in [0.2, 0.25) is 0 Å². The van der Waals surface area contributed by atoms with E-state index in [0.29, 0.717) is 38.7 Å². The molecule has 0 aliphatic carbocycles. The highest BCUT2D eigenvalue weighted by Gasteiger charge is 2.35. The highest BCUT2D eigenvalue weighted by atomic mass is 127. The van der Waals surface area contributed by atoms with Gasteiger partial charge in [-0.05, 0) is 81.8 Å². The van der Waals surface area contributed by atoms with Crippen LogP contribution in [0.25, 0.3) is 22.5 Å². The number of carbonyl (C=O) groups is 1. The van der Waals surface area contributed by atoms with E-state index in [1.165, 1.54) is 11.3 Å². The van der Waals surface area contributed by atoms with Crippen molar-refractivity contribution in [3.8, 4) is 11.5 Å². The minimum atomic E-state index is -0.793. The van der Waals surface area contributed by atoms with Gasteiger partial charge < -0.3 is 14.2 Å². The number of halogens is 2. The van der Waals surface area contributed by atoms with E-state index in [1.807, 2.05) is 91.0 Å². The normalized spacial score (nSPS) is 14.3. The molecule has 0 spiro atoms. The van der Waals surface area contributed by atoms with E-state index >= 15 is 0 Å². The molecule has 250 valence electrons. The van der Waals surface area contributed by atoms with Crippen molar-refractivity contribution in [1.82, 2.24) is 4.57 Å². The van der Waals surface area contributed by atoms with Gasteiger partial charge in [-0.15, -0.1) is 0 Å². The molecule has 0 fully saturated rings. The van der Waals surface area contributed by atoms with Gasteiger partial charge in [-0.2, -0.15) is 0 Å². The van der Waals surface area contributed by atoms with Gasteiger partial charge in [0.15, 0.2) is 4.80 Å². The predicted octanol–water partition coefficient (Wildman–Crippen LogP) is 8.04. The van der Waals surface area contributed by atoms with Crippen molar-refractivity contribution >= 4 is 78.4 Å². The van der Waals surface area contributed by atoms with E-state index in [9.17, 15) is 9.59 Å². The van der Waals surface area contributed by atoms with Crippen LogP contribution >= 0.6 is 49.9 Å². The zero-order valence-corrected chi connectivity index (χ0v) is 31.6. The predicted molar refractivity (Wildman–Crippen MR) is 209 cm³/mol. The van der Waals surface area contributed by atoms with Gasteiger partial charge in [-0.25, -0.2) is 9.79 Å². The van der Waals surface area contributed by atoms with Crippen LogP contribution in [0.4, 0.5) is 0 Å². The SMILES string of the molecule is CCOC(=O)C1=C(c2ccccc2)N=c2s/c(=C\c3cc(Br)cc(I)c3OCc3cccc4ccccc34)c(=O)n2[C@H]1c1ccc(OC)cc1. The maximum Gasteiger partial charge on any atom is 0.338 e. The first-order chi connectivity index (χ1) is 24.4. The van der Waals surface area contributed by atoms with Crippen LogP contribution in [0.5, 0.6) is 11.5 Å². The van der Waals surface area contributed by atoms with Crippen molar-refractivity contribution in [2.45, 2.75) is 19.6 Å². The summed E-state index contributed by atoms with van der Waals surface area (Å²) < 4.78 is 21.3. The van der Waals surface area contributed by atoms with Gasteiger partial charge in [0.1, 0.15) is 18.1 Å². The standard InChI is InChI=1S/C40H30BrIN2O5S/c1-3-48-39(46)34-35(25-11-5-4-6-12-25)43-40-44(36(34)26-16-18-30(47-2)19-17-26)38(45)33(50-40)21-28-20-29(41)22-32(42)37(28)49-23-27-14-9-13-24-10-7-8-15-31(24)27/h4-22,36H,3,23H2,1-2H3/b33-21-/t36-/m0/s1. The zero-order chi connectivity index (χ0) is 34.8. The van der Waals surface area contributed by atoms with Crippen LogP contribution in [0.15, 0.2) is 129 Å². The van der Waals surface area contributed by atoms with Gasteiger partial charge in [-0.3, -0.25) is 9.36 Å². The molecule has 0 radical (unpaired) electrons. The Balaban J connectivity index is 1.40. The fraction of sp³-hybridized carbons (Fsp3) is 0.125. The number of methoxy groups -OCH3 is 1. The molecular weight excluding hydrogens is 827 g/mol. The van der Waals surface area contributed by atoms with Crippen LogP contribution < -0.4 is 24.4 Å². The summed E-state index contributed by atoms with van der Waals surface area (Å²) in [5.41, 5.74) is 3.75. The van der Waals surface area contributed by atoms with Gasteiger partial charge in [-0.1, -0.05) is 112 Å². The summed E-state index contributed by atoms with van der Waals surface area (Å²) in [5, 5.41) is 2.27. The second-order valence-electron chi connectivity index (χ2n) is 11.4. The monoisotopic (exact) mass is 856 g/mol. The smallest absolute Gasteiger partial charge is 0.338 e. The van der Waals surface area contributed by atoms with Crippen molar-refractivity contribution in [2.75, 3.05) is 13.7 Å². The molecule has 0 unspecified atom stereocenters. The number of rotatable bonds is 9. The van der Waals surface area contributed by atoms with Crippen molar-refractivity contribution in [3.05, 3.63) is 165 Å². The minimum Gasteiger partial charge on any atom is -0.497 e. The summed E-state index contributed by atoms with van der Waals surface area (Å²) in [6.07, 6.45) is 1.84. The van der Waals surface area contributed by atoms with Crippen LogP contribution in [-0.2, 0) is 16.1 Å². The third kappa shape index (κ3) is 6.67. The molecule has 1 atom stereocenters. The molecule has 6 aromatic rings. The van der Waals surface area contributed by atoms with Crippen LogP contribution in [0.1, 0.15) is 35.2 Å². The number of esters is 1. The highest BCUT2D eigenvalue weighted by molar-refractivity contribution is 14.1. The number of carbonyl (C=O) groups excluding carboxylic acids is 1. The average molecular weight is 858 g/mol. The van der Waals surface area contributed by atoms with E-state index in [1.54, 1.807) is 18.6 Å². The molecule has 1 aliphatic rings. The Hall–Kier alpha value is -4.52. The molecule has 1 aliphatic heterocycles. The maximum atomic E-state index is 14.5. The Morgan fingerprint density at radius 1 is 0.980 bits per heavy atom. The second-order valence-corrected chi connectivity index (χ2v) is 14.5. The van der Waals surface area contributed by atoms with Crippen molar-refractivity contribution < 1.29 is 19.0 Å². The summed E-state index contributed by atoms with van der Waals surface area (Å²) in [6.45, 7) is 2.28. The first-order valence-electron chi connectivity index (χ1n) is 15.9. The highest BCUT2D eigenvalue weighted by Crippen LogP contribution is 2.36. The quantitative estimate of drug-likeness (QED) is 0.109. The fourth-order valence-electron chi connectivity index (χ4n) is 6.09. The maximum absolute atomic E-state index is 14.5. The minimum absolute atomic E-state index is 0.174. The van der Waals surface area contributed by atoms with E-state index in [2.05, 4.69) is 62.8 Å². The van der Waals surface area contributed by atoms with Crippen molar-refractivity contribution in [2.24, 2.45) is 4.99 Å². The Morgan fingerprint density at radius 3 is 2.48 bits per heavy atom. The Labute approximate surface area is 314 Å². The summed E-state index contributed by atoms with van der Waals surface area (Å²) in [5.74, 6) is 0.790. The fourth-order valence-corrected chi connectivity index (χ4v) is 8.79. The van der Waals surface area contributed by atoms with Gasteiger partial charge in [0.05, 0.1) is 39.1 Å². The molecule has 0 bridgehead atoms. The molecule has 0 N–H and O–H groups in total. The van der Waals surface area contributed by atoms with Crippen LogP contribution in [0.3, 0.4) is 0 Å². The topological polar surface area (TPSA) is 79.1 Å². The molecule has 5 aromatic carbocycles. The first-order valence-corrected chi connectivity index (χ1v) is 18.6. The number of nitrogens with zero attached hydrogens (tertiary/aromatic N) is 2. The Kier molecular flexibility index (Phi) is 10.0. The summed E-state index contributed by atoms with van der Waals surface area (Å²) >= 11 is 7.17. The third-order valence-electron chi connectivity index (χ3n) is 8.38. The molecule has 1 aromatic heterocycles. The van der Waals surface area contributed by atoms with Gasteiger partial charge >= 0.3 is 5.97 Å². The summed E-state index contributed by atoms with van der Waals surface area (Å²) in [7, 11) is 1.60. The lowest BCUT2D eigenvalue weighted by Crippen LogP contribution is -2.40. The molecular formula is C40H30BrIN2O5S. The van der Waals surface area contributed by atoms with Crippen molar-refractivity contribution in [1.29, 1.82) is 0 Å². The van der Waals surface area contributed by atoms with Gasteiger partial charge in [0, 0.05) is 15.6 Å². The van der Waals surface area contributed by atoms with Crippen LogP contribution in [0, 0.1) is 3.57 Å².